The summed E-state index contributed by atoms with van der Waals surface area (Å²) in [7, 11) is 0. The van der Waals surface area contributed by atoms with E-state index in [1.807, 2.05) is 0 Å². The van der Waals surface area contributed by atoms with E-state index in [0.29, 0.717) is 0 Å². The molecule has 106 valence electrons. The molecule has 0 spiro atoms. The van der Waals surface area contributed by atoms with Crippen LogP contribution >= 0.6 is 22.6 Å². The van der Waals surface area contributed by atoms with Crippen molar-refractivity contribution in [2.45, 2.75) is 50.7 Å². The minimum absolute atomic E-state index is 0.0769. The van der Waals surface area contributed by atoms with Gasteiger partial charge in [0.15, 0.2) is 0 Å². The molecule has 0 radical (unpaired) electrons. The lowest BCUT2D eigenvalue weighted by Gasteiger charge is -2.37. The first-order valence-electron chi connectivity index (χ1n) is 7.05. The van der Waals surface area contributed by atoms with Gasteiger partial charge in [0.05, 0.1) is 11.6 Å². The normalized spacial score (nSPS) is 19.5. The molecule has 0 heterocycles. The molecule has 0 amide bonds. The van der Waals surface area contributed by atoms with Crippen LogP contribution in [0.15, 0.2) is 24.3 Å². The summed E-state index contributed by atoms with van der Waals surface area (Å²) in [5.74, 6) is 5.81. The Morgan fingerprint density at radius 3 is 2.47 bits per heavy atom. The Hall–Kier alpha value is -0.170. The molecule has 1 aliphatic rings. The maximum absolute atomic E-state index is 6.10. The fraction of sp³-hybridized carbons (Fsp3) is 0.600. The van der Waals surface area contributed by atoms with Crippen LogP contribution in [0.3, 0.4) is 0 Å². The zero-order valence-corrected chi connectivity index (χ0v) is 13.7. The van der Waals surface area contributed by atoms with Crippen LogP contribution in [0.5, 0.6) is 0 Å². The van der Waals surface area contributed by atoms with Gasteiger partial charge in [-0.05, 0) is 66.5 Å². The van der Waals surface area contributed by atoms with Crippen LogP contribution < -0.4 is 11.3 Å². The van der Waals surface area contributed by atoms with Gasteiger partial charge in [-0.2, -0.15) is 0 Å². The fourth-order valence-electron chi connectivity index (χ4n) is 3.11. The van der Waals surface area contributed by atoms with Gasteiger partial charge in [-0.15, -0.1) is 0 Å². The average molecular weight is 374 g/mol. The van der Waals surface area contributed by atoms with Crippen molar-refractivity contribution in [2.75, 3.05) is 6.61 Å². The topological polar surface area (TPSA) is 47.3 Å². The molecule has 19 heavy (non-hydrogen) atoms. The smallest absolute Gasteiger partial charge is 0.0851 e. The van der Waals surface area contributed by atoms with Crippen molar-refractivity contribution >= 4 is 22.6 Å². The van der Waals surface area contributed by atoms with Gasteiger partial charge in [0, 0.05) is 10.2 Å². The van der Waals surface area contributed by atoms with Crippen molar-refractivity contribution in [3.05, 3.63) is 33.4 Å². The van der Waals surface area contributed by atoms with E-state index in [-0.39, 0.29) is 11.6 Å². The molecule has 1 aliphatic carbocycles. The van der Waals surface area contributed by atoms with Crippen molar-refractivity contribution in [3.63, 3.8) is 0 Å². The Kier molecular flexibility index (Phi) is 5.62. The van der Waals surface area contributed by atoms with Crippen LogP contribution in [0.1, 0.15) is 38.2 Å². The van der Waals surface area contributed by atoms with E-state index in [1.165, 1.54) is 22.0 Å². The second kappa shape index (κ2) is 7.02. The molecule has 1 saturated carbocycles. The highest BCUT2D eigenvalue weighted by atomic mass is 127. The van der Waals surface area contributed by atoms with E-state index >= 15 is 0 Å². The predicted molar refractivity (Wildman–Crippen MR) is 86.8 cm³/mol. The van der Waals surface area contributed by atoms with Gasteiger partial charge >= 0.3 is 0 Å². The monoisotopic (exact) mass is 374 g/mol. The Bertz CT molecular complexity index is 388. The van der Waals surface area contributed by atoms with E-state index in [2.05, 4.69) is 59.2 Å². The number of hydrogen-bond acceptors (Lipinski definition) is 3. The number of nitrogens with two attached hydrogens (primary N) is 1. The largest absolute Gasteiger partial charge is 0.374 e. The first-order chi connectivity index (χ1) is 9.20. The van der Waals surface area contributed by atoms with Crippen LogP contribution in [0, 0.1) is 3.57 Å². The molecule has 0 aromatic heterocycles. The number of hydrogen-bond donors (Lipinski definition) is 2. The van der Waals surface area contributed by atoms with Crippen molar-refractivity contribution in [1.82, 2.24) is 5.43 Å². The Labute approximate surface area is 129 Å². The van der Waals surface area contributed by atoms with Crippen LogP contribution in [-0.2, 0) is 11.2 Å². The number of halogens is 1. The molecule has 0 aliphatic heterocycles. The summed E-state index contributed by atoms with van der Waals surface area (Å²) in [5.41, 5.74) is 4.24. The lowest BCUT2D eigenvalue weighted by atomic mass is 9.87. The molecule has 1 atom stereocenters. The second-order valence-electron chi connectivity index (χ2n) is 5.25. The minimum atomic E-state index is -0.0769. The molecule has 2 rings (SSSR count). The van der Waals surface area contributed by atoms with E-state index < -0.39 is 0 Å². The number of benzene rings is 1. The maximum atomic E-state index is 6.10. The lowest BCUT2D eigenvalue weighted by molar-refractivity contribution is -0.0613. The number of ether oxygens (including phenoxy) is 1. The SMILES string of the molecule is CCOC1(C(Cc2ccc(I)cc2)NN)CCCC1. The van der Waals surface area contributed by atoms with Crippen molar-refractivity contribution in [1.29, 1.82) is 0 Å². The number of nitrogens with one attached hydrogen (secondary N) is 1. The van der Waals surface area contributed by atoms with Gasteiger partial charge in [0.25, 0.3) is 0 Å². The van der Waals surface area contributed by atoms with Crippen molar-refractivity contribution in [3.8, 4) is 0 Å². The molecular formula is C15H23IN2O. The van der Waals surface area contributed by atoms with Gasteiger partial charge in [-0.25, -0.2) is 0 Å². The fourth-order valence-corrected chi connectivity index (χ4v) is 3.47. The summed E-state index contributed by atoms with van der Waals surface area (Å²) in [6.07, 6.45) is 5.63. The van der Waals surface area contributed by atoms with Crippen LogP contribution in [0.2, 0.25) is 0 Å². The Morgan fingerprint density at radius 1 is 1.32 bits per heavy atom. The van der Waals surface area contributed by atoms with Gasteiger partial charge in [0.2, 0.25) is 0 Å². The van der Waals surface area contributed by atoms with Crippen molar-refractivity contribution in [2.24, 2.45) is 5.84 Å². The molecule has 1 aromatic rings. The Balaban J connectivity index is 2.11. The number of rotatable bonds is 6. The van der Waals surface area contributed by atoms with E-state index in [4.69, 9.17) is 10.6 Å². The van der Waals surface area contributed by atoms with Crippen LogP contribution in [0.4, 0.5) is 0 Å². The molecular weight excluding hydrogens is 351 g/mol. The summed E-state index contributed by atoms with van der Waals surface area (Å²) in [6, 6.07) is 8.84. The zero-order chi connectivity index (χ0) is 13.7. The second-order valence-corrected chi connectivity index (χ2v) is 6.50. The maximum Gasteiger partial charge on any atom is 0.0851 e. The third-order valence-electron chi connectivity index (χ3n) is 4.07. The molecule has 1 fully saturated rings. The first-order valence-corrected chi connectivity index (χ1v) is 8.12. The predicted octanol–water partition coefficient (Wildman–Crippen LogP) is 3.01. The van der Waals surface area contributed by atoms with Gasteiger partial charge in [-0.1, -0.05) is 25.0 Å². The summed E-state index contributed by atoms with van der Waals surface area (Å²) in [6.45, 7) is 2.82. The number of hydrazine groups is 1. The highest BCUT2D eigenvalue weighted by Gasteiger charge is 2.41. The van der Waals surface area contributed by atoms with Gasteiger partial charge < -0.3 is 4.74 Å². The summed E-state index contributed by atoms with van der Waals surface area (Å²) >= 11 is 2.33. The van der Waals surface area contributed by atoms with Crippen molar-refractivity contribution < 1.29 is 4.74 Å². The summed E-state index contributed by atoms with van der Waals surface area (Å²) in [5, 5.41) is 0. The third-order valence-corrected chi connectivity index (χ3v) is 4.79. The first kappa shape index (κ1) is 15.2. The highest BCUT2D eigenvalue weighted by Crippen LogP contribution is 2.37. The highest BCUT2D eigenvalue weighted by molar-refractivity contribution is 14.1. The quantitative estimate of drug-likeness (QED) is 0.457. The molecule has 0 saturated heterocycles. The van der Waals surface area contributed by atoms with Gasteiger partial charge in [0.1, 0.15) is 0 Å². The summed E-state index contributed by atoms with van der Waals surface area (Å²) in [4.78, 5) is 0. The Morgan fingerprint density at radius 2 is 1.95 bits per heavy atom. The average Bonchev–Trinajstić information content (AvgIpc) is 2.88. The minimum Gasteiger partial charge on any atom is -0.374 e. The molecule has 0 bridgehead atoms. The molecule has 4 heteroatoms. The molecule has 3 nitrogen and oxygen atoms in total. The standard InChI is InChI=1S/C15H23IN2O/c1-2-19-15(9-3-4-10-15)14(18-17)11-12-5-7-13(16)8-6-12/h5-8,14,18H,2-4,9-11,17H2,1H3. The van der Waals surface area contributed by atoms with Gasteiger partial charge in [-0.3, -0.25) is 11.3 Å². The zero-order valence-electron chi connectivity index (χ0n) is 11.5. The van der Waals surface area contributed by atoms with Crippen LogP contribution in [-0.4, -0.2) is 18.2 Å². The summed E-state index contributed by atoms with van der Waals surface area (Å²) < 4.78 is 7.36. The third kappa shape index (κ3) is 3.68. The molecule has 3 N–H and O–H groups in total. The van der Waals surface area contributed by atoms with E-state index in [9.17, 15) is 0 Å². The molecule has 1 aromatic carbocycles. The van der Waals surface area contributed by atoms with Crippen LogP contribution in [0.25, 0.3) is 0 Å². The van der Waals surface area contributed by atoms with E-state index in [1.54, 1.807) is 0 Å². The lowest BCUT2D eigenvalue weighted by Crippen LogP contribution is -2.54. The van der Waals surface area contributed by atoms with E-state index in [0.717, 1.165) is 25.9 Å². The molecule has 1 unspecified atom stereocenters.